The molecule has 1 N–H and O–H groups in total. The summed E-state index contributed by atoms with van der Waals surface area (Å²) in [5.41, 5.74) is 3.01. The van der Waals surface area contributed by atoms with Gasteiger partial charge in [0.05, 0.1) is 12.7 Å². The van der Waals surface area contributed by atoms with E-state index in [4.69, 9.17) is 4.74 Å². The van der Waals surface area contributed by atoms with Gasteiger partial charge in [0.15, 0.2) is 0 Å². The van der Waals surface area contributed by atoms with Crippen LogP contribution in [0.5, 0.6) is 5.75 Å². The highest BCUT2D eigenvalue weighted by Crippen LogP contribution is 2.38. The maximum atomic E-state index is 11.1. The summed E-state index contributed by atoms with van der Waals surface area (Å²) in [6, 6.07) is 16.4. The fourth-order valence-electron chi connectivity index (χ4n) is 3.30. The van der Waals surface area contributed by atoms with Gasteiger partial charge in [-0.1, -0.05) is 36.4 Å². The van der Waals surface area contributed by atoms with E-state index in [1.165, 1.54) is 11.1 Å². The Morgan fingerprint density at radius 2 is 1.86 bits per heavy atom. The Hall–Kier alpha value is -1.80. The Kier molecular flexibility index (Phi) is 3.98. The van der Waals surface area contributed by atoms with Gasteiger partial charge in [-0.15, -0.1) is 0 Å². The molecule has 0 saturated heterocycles. The highest BCUT2D eigenvalue weighted by atomic mass is 16.5. The summed E-state index contributed by atoms with van der Waals surface area (Å²) < 4.78 is 5.18. The van der Waals surface area contributed by atoms with E-state index in [1.807, 2.05) is 18.2 Å². The molecular weight excluding hydrogens is 260 g/mol. The fourth-order valence-corrected chi connectivity index (χ4v) is 3.30. The molecule has 1 atom stereocenters. The van der Waals surface area contributed by atoms with Crippen molar-refractivity contribution in [1.29, 1.82) is 0 Å². The Bertz CT molecular complexity index is 603. The second kappa shape index (κ2) is 5.90. The van der Waals surface area contributed by atoms with Crippen molar-refractivity contribution in [2.75, 3.05) is 7.11 Å². The van der Waals surface area contributed by atoms with Gasteiger partial charge in [-0.2, -0.15) is 0 Å². The summed E-state index contributed by atoms with van der Waals surface area (Å²) in [5.74, 6) is 0.875. The highest BCUT2D eigenvalue weighted by molar-refractivity contribution is 5.35. The molecule has 0 spiro atoms. The lowest BCUT2D eigenvalue weighted by Gasteiger charge is -2.34. The third-order valence-corrected chi connectivity index (χ3v) is 4.54. The summed E-state index contributed by atoms with van der Waals surface area (Å²) in [6.07, 6.45) is 4.67. The molecule has 3 rings (SSSR count). The van der Waals surface area contributed by atoms with Gasteiger partial charge in [0.25, 0.3) is 0 Å². The maximum Gasteiger partial charge on any atom is 0.118 e. The number of ether oxygens (including phenoxy) is 1. The zero-order chi connectivity index (χ0) is 14.7. The van der Waals surface area contributed by atoms with Crippen molar-refractivity contribution < 1.29 is 9.84 Å². The molecule has 0 saturated carbocycles. The minimum absolute atomic E-state index is 0.672. The lowest BCUT2D eigenvalue weighted by atomic mass is 9.76. The highest BCUT2D eigenvalue weighted by Gasteiger charge is 2.33. The van der Waals surface area contributed by atoms with Gasteiger partial charge in [-0.25, -0.2) is 0 Å². The molecule has 1 aliphatic carbocycles. The Morgan fingerprint density at radius 3 is 2.62 bits per heavy atom. The first kappa shape index (κ1) is 14.2. The van der Waals surface area contributed by atoms with E-state index in [0.717, 1.165) is 43.4 Å². The summed E-state index contributed by atoms with van der Waals surface area (Å²) in [6.45, 7) is 0. The smallest absolute Gasteiger partial charge is 0.118 e. The van der Waals surface area contributed by atoms with Crippen LogP contribution in [0.3, 0.4) is 0 Å². The van der Waals surface area contributed by atoms with Gasteiger partial charge in [-0.05, 0) is 60.9 Å². The summed E-state index contributed by atoms with van der Waals surface area (Å²) >= 11 is 0. The molecule has 0 aromatic heterocycles. The van der Waals surface area contributed by atoms with E-state index in [-0.39, 0.29) is 0 Å². The number of rotatable bonds is 4. The van der Waals surface area contributed by atoms with Crippen LogP contribution in [0.15, 0.2) is 48.5 Å². The summed E-state index contributed by atoms with van der Waals surface area (Å²) in [4.78, 5) is 0. The van der Waals surface area contributed by atoms with Crippen molar-refractivity contribution in [2.45, 2.75) is 37.7 Å². The van der Waals surface area contributed by atoms with E-state index >= 15 is 0 Å². The minimum Gasteiger partial charge on any atom is -0.497 e. The molecule has 2 aromatic rings. The average Bonchev–Trinajstić information content (AvgIpc) is 2.54. The normalized spacial score (nSPS) is 20.9. The zero-order valence-electron chi connectivity index (χ0n) is 12.5. The lowest BCUT2D eigenvalue weighted by Crippen LogP contribution is -2.31. The van der Waals surface area contributed by atoms with Crippen LogP contribution in [-0.4, -0.2) is 12.2 Å². The van der Waals surface area contributed by atoms with Gasteiger partial charge in [0.2, 0.25) is 0 Å². The minimum atomic E-state index is -0.672. The fraction of sp³-hybridized carbons (Fsp3) is 0.368. The molecule has 0 fully saturated rings. The first-order valence-corrected chi connectivity index (χ1v) is 7.65. The Balaban J connectivity index is 1.75. The Labute approximate surface area is 126 Å². The standard InChI is InChI=1S/C19H22O2/c1-21-17-10-8-15(9-11-17)12-14-19(20)13-4-6-16-5-2-3-7-18(16)19/h2-3,5,7-11,20H,4,6,12-14H2,1H3. The molecule has 1 aliphatic rings. The van der Waals surface area contributed by atoms with E-state index in [0.29, 0.717) is 0 Å². The van der Waals surface area contributed by atoms with Gasteiger partial charge >= 0.3 is 0 Å². The first-order valence-electron chi connectivity index (χ1n) is 7.65. The number of fused-ring (bicyclic) bond motifs is 1. The van der Waals surface area contributed by atoms with Crippen LogP contribution in [0.4, 0.5) is 0 Å². The van der Waals surface area contributed by atoms with Crippen molar-refractivity contribution in [3.8, 4) is 5.75 Å². The maximum absolute atomic E-state index is 11.1. The van der Waals surface area contributed by atoms with Crippen molar-refractivity contribution in [1.82, 2.24) is 0 Å². The summed E-state index contributed by atoms with van der Waals surface area (Å²) in [7, 11) is 1.68. The van der Waals surface area contributed by atoms with E-state index in [1.54, 1.807) is 7.11 Å². The van der Waals surface area contributed by atoms with Gasteiger partial charge < -0.3 is 9.84 Å². The topological polar surface area (TPSA) is 29.5 Å². The van der Waals surface area contributed by atoms with Crippen molar-refractivity contribution in [3.05, 3.63) is 65.2 Å². The molecule has 2 nitrogen and oxygen atoms in total. The van der Waals surface area contributed by atoms with Crippen LogP contribution in [0.2, 0.25) is 0 Å². The molecule has 0 amide bonds. The quantitative estimate of drug-likeness (QED) is 0.923. The van der Waals surface area contributed by atoms with Crippen LogP contribution < -0.4 is 4.74 Å². The second-order valence-corrected chi connectivity index (χ2v) is 5.89. The molecule has 1 unspecified atom stereocenters. The van der Waals surface area contributed by atoms with Crippen LogP contribution in [-0.2, 0) is 18.4 Å². The van der Waals surface area contributed by atoms with Crippen LogP contribution in [0.25, 0.3) is 0 Å². The molecule has 21 heavy (non-hydrogen) atoms. The number of hydrogen-bond donors (Lipinski definition) is 1. The first-order chi connectivity index (χ1) is 10.2. The van der Waals surface area contributed by atoms with Gasteiger partial charge in [0.1, 0.15) is 5.75 Å². The zero-order valence-corrected chi connectivity index (χ0v) is 12.5. The molecule has 2 aromatic carbocycles. The second-order valence-electron chi connectivity index (χ2n) is 5.89. The van der Waals surface area contributed by atoms with E-state index in [9.17, 15) is 5.11 Å². The number of benzene rings is 2. The SMILES string of the molecule is COc1ccc(CCC2(O)CCCc3ccccc32)cc1. The number of hydrogen-bond acceptors (Lipinski definition) is 2. The molecule has 0 radical (unpaired) electrons. The number of methoxy groups -OCH3 is 1. The molecule has 0 aliphatic heterocycles. The summed E-state index contributed by atoms with van der Waals surface area (Å²) in [5, 5.41) is 11.1. The van der Waals surface area contributed by atoms with Gasteiger partial charge in [-0.3, -0.25) is 0 Å². The van der Waals surface area contributed by atoms with Crippen molar-refractivity contribution in [2.24, 2.45) is 0 Å². The monoisotopic (exact) mass is 282 g/mol. The van der Waals surface area contributed by atoms with E-state index < -0.39 is 5.60 Å². The third kappa shape index (κ3) is 2.96. The number of aliphatic hydroxyl groups is 1. The Morgan fingerprint density at radius 1 is 1.10 bits per heavy atom. The molecule has 2 heteroatoms. The van der Waals surface area contributed by atoms with Crippen molar-refractivity contribution >= 4 is 0 Å². The van der Waals surface area contributed by atoms with Crippen LogP contribution in [0.1, 0.15) is 36.0 Å². The molecule has 0 bridgehead atoms. The average molecular weight is 282 g/mol. The largest absolute Gasteiger partial charge is 0.497 e. The van der Waals surface area contributed by atoms with Crippen LogP contribution in [0, 0.1) is 0 Å². The lowest BCUT2D eigenvalue weighted by molar-refractivity contribution is 0.0103. The van der Waals surface area contributed by atoms with E-state index in [2.05, 4.69) is 30.3 Å². The third-order valence-electron chi connectivity index (χ3n) is 4.54. The van der Waals surface area contributed by atoms with Crippen molar-refractivity contribution in [3.63, 3.8) is 0 Å². The molecular formula is C19H22O2. The molecule has 0 heterocycles. The predicted molar refractivity (Wildman–Crippen MR) is 84.6 cm³/mol. The van der Waals surface area contributed by atoms with Gasteiger partial charge in [0, 0.05) is 0 Å². The van der Waals surface area contributed by atoms with Crippen LogP contribution >= 0.6 is 0 Å². The molecule has 110 valence electrons. The number of aryl methyl sites for hydroxylation is 2. The predicted octanol–water partition coefficient (Wildman–Crippen LogP) is 3.85.